The van der Waals surface area contributed by atoms with E-state index in [9.17, 15) is 18.0 Å². The topological polar surface area (TPSA) is 95.6 Å². The van der Waals surface area contributed by atoms with Gasteiger partial charge in [0, 0.05) is 48.1 Å². The second-order valence-corrected chi connectivity index (χ2v) is 10.6. The number of fused-ring (bicyclic) bond motifs is 1. The van der Waals surface area contributed by atoms with Crippen molar-refractivity contribution in [3.63, 3.8) is 0 Å². The smallest absolute Gasteiger partial charge is 0.255 e. The number of piperidine rings is 1. The molecule has 4 rings (SSSR count). The third kappa shape index (κ3) is 4.83. The fourth-order valence-corrected chi connectivity index (χ4v) is 6.09. The molecule has 3 aromatic carbocycles. The maximum Gasteiger partial charge on any atom is 0.255 e. The van der Waals surface area contributed by atoms with Gasteiger partial charge in [-0.25, -0.2) is 13.1 Å². The molecule has 7 nitrogen and oxygen atoms in total. The Bertz CT molecular complexity index is 1350. The molecule has 0 bridgehead atoms. The molecule has 1 heterocycles. The van der Waals surface area contributed by atoms with Crippen LogP contribution in [-0.4, -0.2) is 44.3 Å². The zero-order valence-corrected chi connectivity index (χ0v) is 20.4. The summed E-state index contributed by atoms with van der Waals surface area (Å²) in [5.41, 5.74) is 1.97. The highest BCUT2D eigenvalue weighted by atomic mass is 32.2. The predicted molar refractivity (Wildman–Crippen MR) is 133 cm³/mol. The minimum Gasteiger partial charge on any atom is -0.343 e. The zero-order valence-electron chi connectivity index (χ0n) is 19.5. The second-order valence-electron chi connectivity index (χ2n) is 8.88. The molecule has 34 heavy (non-hydrogen) atoms. The average Bonchev–Trinajstić information content (AvgIpc) is 2.80. The van der Waals surface area contributed by atoms with Gasteiger partial charge in [0.05, 0.1) is 4.90 Å². The number of hydrogen-bond donors (Lipinski definition) is 2. The molecule has 0 spiro atoms. The van der Waals surface area contributed by atoms with Gasteiger partial charge in [-0.1, -0.05) is 49.4 Å². The van der Waals surface area contributed by atoms with Crippen LogP contribution < -0.4 is 10.0 Å². The number of amides is 2. The molecule has 0 aliphatic carbocycles. The van der Waals surface area contributed by atoms with Gasteiger partial charge in [-0.3, -0.25) is 9.59 Å². The molecule has 3 aromatic rings. The summed E-state index contributed by atoms with van der Waals surface area (Å²) in [5, 5.41) is 4.11. The summed E-state index contributed by atoms with van der Waals surface area (Å²) in [6, 6.07) is 17.4. The first-order chi connectivity index (χ1) is 16.2. The molecule has 178 valence electrons. The molecule has 1 aliphatic heterocycles. The van der Waals surface area contributed by atoms with Crippen molar-refractivity contribution in [2.24, 2.45) is 5.92 Å². The molecule has 1 fully saturated rings. The monoisotopic (exact) mass is 479 g/mol. The van der Waals surface area contributed by atoms with Crippen LogP contribution in [0.15, 0.2) is 65.6 Å². The third-order valence-electron chi connectivity index (χ3n) is 6.47. The first-order valence-electron chi connectivity index (χ1n) is 11.3. The van der Waals surface area contributed by atoms with E-state index in [0.717, 1.165) is 5.56 Å². The Hall–Kier alpha value is -3.23. The van der Waals surface area contributed by atoms with E-state index in [1.165, 1.54) is 13.0 Å². The van der Waals surface area contributed by atoms with E-state index in [2.05, 4.69) is 10.0 Å². The Kier molecular flexibility index (Phi) is 6.72. The number of carbonyl (C=O) groups is 2. The van der Waals surface area contributed by atoms with Crippen molar-refractivity contribution in [3.05, 3.63) is 71.8 Å². The fourth-order valence-electron chi connectivity index (χ4n) is 4.50. The maximum atomic E-state index is 13.4. The van der Waals surface area contributed by atoms with Gasteiger partial charge in [0.2, 0.25) is 15.9 Å². The summed E-state index contributed by atoms with van der Waals surface area (Å²) >= 11 is 0. The lowest BCUT2D eigenvalue weighted by molar-refractivity contribution is -0.130. The van der Waals surface area contributed by atoms with Crippen LogP contribution in [-0.2, 0) is 14.8 Å². The Morgan fingerprint density at radius 1 is 0.971 bits per heavy atom. The number of likely N-dealkylation sites (tertiary alicyclic amines) is 1. The molecular weight excluding hydrogens is 450 g/mol. The summed E-state index contributed by atoms with van der Waals surface area (Å²) in [4.78, 5) is 26.5. The van der Waals surface area contributed by atoms with Gasteiger partial charge < -0.3 is 10.2 Å². The maximum absolute atomic E-state index is 13.4. The Balaban J connectivity index is 1.62. The average molecular weight is 480 g/mol. The van der Waals surface area contributed by atoms with E-state index >= 15 is 0 Å². The molecule has 2 N–H and O–H groups in total. The minimum absolute atomic E-state index is 0.00230. The lowest BCUT2D eigenvalue weighted by Gasteiger charge is -2.36. The predicted octanol–water partition coefficient (Wildman–Crippen LogP) is 3.94. The molecule has 0 saturated carbocycles. The first-order valence-corrected chi connectivity index (χ1v) is 12.8. The van der Waals surface area contributed by atoms with Crippen LogP contribution in [0.5, 0.6) is 0 Å². The van der Waals surface area contributed by atoms with Gasteiger partial charge in [0.1, 0.15) is 0 Å². The number of hydrogen-bond acceptors (Lipinski definition) is 4. The van der Waals surface area contributed by atoms with Crippen molar-refractivity contribution in [1.29, 1.82) is 0 Å². The van der Waals surface area contributed by atoms with E-state index in [0.29, 0.717) is 41.5 Å². The molecule has 8 heteroatoms. The van der Waals surface area contributed by atoms with Crippen LogP contribution >= 0.6 is 0 Å². The number of anilines is 1. The molecule has 2 unspecified atom stereocenters. The summed E-state index contributed by atoms with van der Waals surface area (Å²) in [6.45, 7) is 6.40. The number of nitrogens with zero attached hydrogens (tertiary/aromatic N) is 1. The van der Waals surface area contributed by atoms with Crippen LogP contribution in [0.4, 0.5) is 5.69 Å². The van der Waals surface area contributed by atoms with Gasteiger partial charge >= 0.3 is 0 Å². The van der Waals surface area contributed by atoms with Crippen LogP contribution in [0.25, 0.3) is 10.8 Å². The van der Waals surface area contributed by atoms with Gasteiger partial charge in [-0.05, 0) is 43.0 Å². The van der Waals surface area contributed by atoms with E-state index in [1.54, 1.807) is 35.2 Å². The first kappa shape index (κ1) is 23.9. The van der Waals surface area contributed by atoms with Crippen molar-refractivity contribution in [1.82, 2.24) is 9.62 Å². The summed E-state index contributed by atoms with van der Waals surface area (Å²) in [6.07, 6.45) is 0.558. The Labute approximate surface area is 200 Å². The van der Waals surface area contributed by atoms with Crippen LogP contribution in [0, 0.1) is 12.8 Å². The number of sulfonamides is 1. The highest BCUT2D eigenvalue weighted by Crippen LogP contribution is 2.31. The number of benzene rings is 3. The second kappa shape index (κ2) is 9.56. The standard InChI is InChI=1S/C26H29N3O4S/c1-17-8-4-5-9-20(17)26(31)27-24-12-13-25(22-11-7-6-10-21(22)24)34(32,33)28-23-14-15-29(19(3)30)16-18(23)2/h4-13,18,23,28H,14-16H2,1-3H3,(H,27,31). The molecule has 1 aliphatic rings. The van der Waals surface area contributed by atoms with Crippen LogP contribution in [0.2, 0.25) is 0 Å². The van der Waals surface area contributed by atoms with Crippen LogP contribution in [0.3, 0.4) is 0 Å². The molecule has 2 amide bonds. The van der Waals surface area contributed by atoms with Crippen LogP contribution in [0.1, 0.15) is 36.2 Å². The highest BCUT2D eigenvalue weighted by Gasteiger charge is 2.31. The molecule has 0 radical (unpaired) electrons. The van der Waals surface area contributed by atoms with Crippen molar-refractivity contribution in [2.45, 2.75) is 38.1 Å². The van der Waals surface area contributed by atoms with E-state index in [-0.39, 0.29) is 28.7 Å². The third-order valence-corrected chi connectivity index (χ3v) is 8.02. The number of carbonyl (C=O) groups excluding carboxylic acids is 2. The molecule has 2 atom stereocenters. The highest BCUT2D eigenvalue weighted by molar-refractivity contribution is 7.89. The number of aryl methyl sites for hydroxylation is 1. The summed E-state index contributed by atoms with van der Waals surface area (Å²) in [7, 11) is -3.83. The van der Waals surface area contributed by atoms with E-state index < -0.39 is 10.0 Å². The summed E-state index contributed by atoms with van der Waals surface area (Å²) < 4.78 is 29.6. The molecule has 0 aromatic heterocycles. The van der Waals surface area contributed by atoms with Gasteiger partial charge in [0.25, 0.3) is 5.91 Å². The quantitative estimate of drug-likeness (QED) is 0.580. The van der Waals surface area contributed by atoms with Gasteiger partial charge in [-0.2, -0.15) is 0 Å². The lowest BCUT2D eigenvalue weighted by Crippen LogP contribution is -2.51. The SMILES string of the molecule is CC(=O)N1CCC(NS(=O)(=O)c2ccc(NC(=O)c3ccccc3C)c3ccccc23)C(C)C1. The van der Waals surface area contributed by atoms with E-state index in [1.807, 2.05) is 38.1 Å². The normalized spacial score (nSPS) is 18.6. The Morgan fingerprint density at radius 3 is 2.32 bits per heavy atom. The minimum atomic E-state index is -3.83. The molecule has 1 saturated heterocycles. The van der Waals surface area contributed by atoms with Crippen molar-refractivity contribution in [3.8, 4) is 0 Å². The van der Waals surface area contributed by atoms with Crippen molar-refractivity contribution in [2.75, 3.05) is 18.4 Å². The van der Waals surface area contributed by atoms with Gasteiger partial charge in [0.15, 0.2) is 0 Å². The lowest BCUT2D eigenvalue weighted by atomic mass is 9.95. The van der Waals surface area contributed by atoms with E-state index in [4.69, 9.17) is 0 Å². The summed E-state index contributed by atoms with van der Waals surface area (Å²) in [5.74, 6) is -0.253. The zero-order chi connectivity index (χ0) is 24.5. The Morgan fingerprint density at radius 2 is 1.65 bits per heavy atom. The van der Waals surface area contributed by atoms with Crippen molar-refractivity contribution < 1.29 is 18.0 Å². The van der Waals surface area contributed by atoms with Crippen molar-refractivity contribution >= 4 is 38.3 Å². The molecular formula is C26H29N3O4S. The number of nitrogens with one attached hydrogen (secondary N) is 2. The van der Waals surface area contributed by atoms with Gasteiger partial charge in [-0.15, -0.1) is 0 Å². The number of rotatable bonds is 5. The fraction of sp³-hybridized carbons (Fsp3) is 0.308. The largest absolute Gasteiger partial charge is 0.343 e.